The maximum absolute atomic E-state index is 12.3. The number of carbonyl (C=O) groups excluding carboxylic acids is 1. The van der Waals surface area contributed by atoms with Gasteiger partial charge in [0.25, 0.3) is 0 Å². The van der Waals surface area contributed by atoms with E-state index in [1.165, 1.54) is 0 Å². The highest BCUT2D eigenvalue weighted by Crippen LogP contribution is 2.36. The zero-order valence-electron chi connectivity index (χ0n) is 13.2. The molecular formula is C17H23ClN2O2. The maximum Gasteiger partial charge on any atom is 0.415 e. The Morgan fingerprint density at radius 3 is 2.59 bits per heavy atom. The van der Waals surface area contributed by atoms with Crippen LogP contribution in [-0.4, -0.2) is 42.3 Å². The Morgan fingerprint density at radius 1 is 1.18 bits per heavy atom. The molecule has 0 aromatic heterocycles. The van der Waals surface area contributed by atoms with Gasteiger partial charge in [-0.25, -0.2) is 4.79 Å². The number of carbonyl (C=O) groups is 1. The van der Waals surface area contributed by atoms with Crippen molar-refractivity contribution < 1.29 is 9.53 Å². The van der Waals surface area contributed by atoms with Gasteiger partial charge in [-0.2, -0.15) is 0 Å². The molecule has 4 nitrogen and oxygen atoms in total. The molecule has 5 heteroatoms. The molecule has 2 fully saturated rings. The number of anilines is 1. The predicted molar refractivity (Wildman–Crippen MR) is 88.6 cm³/mol. The molecule has 120 valence electrons. The number of rotatable bonds is 2. The van der Waals surface area contributed by atoms with Crippen LogP contribution in [0.25, 0.3) is 0 Å². The second-order valence-corrected chi connectivity index (χ2v) is 7.03. The normalized spacial score (nSPS) is 26.5. The van der Waals surface area contributed by atoms with Crippen molar-refractivity contribution in [3.05, 3.63) is 29.3 Å². The summed E-state index contributed by atoms with van der Waals surface area (Å²) in [6, 6.07) is 7.91. The lowest BCUT2D eigenvalue weighted by Gasteiger charge is -2.27. The summed E-state index contributed by atoms with van der Waals surface area (Å²) in [6.45, 7) is 7.15. The molecule has 0 N–H and O–H groups in total. The number of nitrogens with zero attached hydrogens (tertiary/aromatic N) is 2. The SMILES string of the molecule is CC(C)N1CCCC2(CC1)CN(c1ccc(Cl)cc1)C(=O)O2. The van der Waals surface area contributed by atoms with Crippen molar-refractivity contribution >= 4 is 23.4 Å². The summed E-state index contributed by atoms with van der Waals surface area (Å²) in [7, 11) is 0. The molecule has 1 atom stereocenters. The van der Waals surface area contributed by atoms with Crippen LogP contribution >= 0.6 is 11.6 Å². The molecule has 22 heavy (non-hydrogen) atoms. The number of hydrogen-bond acceptors (Lipinski definition) is 3. The minimum Gasteiger partial charge on any atom is -0.441 e. The smallest absolute Gasteiger partial charge is 0.415 e. The van der Waals surface area contributed by atoms with E-state index >= 15 is 0 Å². The molecule has 0 bridgehead atoms. The van der Waals surface area contributed by atoms with Gasteiger partial charge in [-0.3, -0.25) is 4.90 Å². The van der Waals surface area contributed by atoms with Crippen molar-refractivity contribution in [1.82, 2.24) is 4.90 Å². The van der Waals surface area contributed by atoms with E-state index in [1.807, 2.05) is 24.3 Å². The number of hydrogen-bond donors (Lipinski definition) is 0. The summed E-state index contributed by atoms with van der Waals surface area (Å²) >= 11 is 5.92. The first-order valence-corrected chi connectivity index (χ1v) is 8.37. The lowest BCUT2D eigenvalue weighted by atomic mass is 9.95. The van der Waals surface area contributed by atoms with E-state index in [4.69, 9.17) is 16.3 Å². The highest BCUT2D eigenvalue weighted by molar-refractivity contribution is 6.30. The lowest BCUT2D eigenvalue weighted by Crippen LogP contribution is -2.37. The van der Waals surface area contributed by atoms with E-state index in [9.17, 15) is 4.79 Å². The third-order valence-corrected chi connectivity index (χ3v) is 5.02. The summed E-state index contributed by atoms with van der Waals surface area (Å²) in [5.41, 5.74) is 0.525. The highest BCUT2D eigenvalue weighted by atomic mass is 35.5. The second-order valence-electron chi connectivity index (χ2n) is 6.60. The molecule has 2 saturated heterocycles. The Hall–Kier alpha value is -1.26. The Bertz CT molecular complexity index is 546. The number of ether oxygens (including phenoxy) is 1. The van der Waals surface area contributed by atoms with Gasteiger partial charge in [-0.1, -0.05) is 11.6 Å². The van der Waals surface area contributed by atoms with Gasteiger partial charge < -0.3 is 9.64 Å². The second kappa shape index (κ2) is 6.09. The largest absolute Gasteiger partial charge is 0.441 e. The van der Waals surface area contributed by atoms with E-state index in [0.717, 1.165) is 38.0 Å². The van der Waals surface area contributed by atoms with Crippen molar-refractivity contribution in [2.75, 3.05) is 24.5 Å². The molecule has 0 aliphatic carbocycles. The summed E-state index contributed by atoms with van der Waals surface area (Å²) < 4.78 is 5.82. The van der Waals surface area contributed by atoms with Crippen LogP contribution in [0.1, 0.15) is 33.1 Å². The average Bonchev–Trinajstić information content (AvgIpc) is 2.67. The maximum atomic E-state index is 12.3. The van der Waals surface area contributed by atoms with Crippen LogP contribution in [0.4, 0.5) is 10.5 Å². The number of halogens is 1. The van der Waals surface area contributed by atoms with Crippen LogP contribution in [-0.2, 0) is 4.74 Å². The molecule has 1 amide bonds. The third-order valence-electron chi connectivity index (χ3n) is 4.77. The first-order chi connectivity index (χ1) is 10.5. The average molecular weight is 323 g/mol. The molecule has 2 aliphatic heterocycles. The zero-order chi connectivity index (χ0) is 15.7. The van der Waals surface area contributed by atoms with Crippen molar-refractivity contribution in [3.8, 4) is 0 Å². The van der Waals surface area contributed by atoms with Gasteiger partial charge in [0.1, 0.15) is 5.60 Å². The van der Waals surface area contributed by atoms with Gasteiger partial charge in [0, 0.05) is 29.7 Å². The van der Waals surface area contributed by atoms with Crippen molar-refractivity contribution in [1.29, 1.82) is 0 Å². The molecule has 1 aromatic carbocycles. The first-order valence-electron chi connectivity index (χ1n) is 7.99. The van der Waals surface area contributed by atoms with Gasteiger partial charge >= 0.3 is 6.09 Å². The van der Waals surface area contributed by atoms with Crippen molar-refractivity contribution in [3.63, 3.8) is 0 Å². The quantitative estimate of drug-likeness (QED) is 0.827. The first kappa shape index (κ1) is 15.6. The zero-order valence-corrected chi connectivity index (χ0v) is 14.0. The summed E-state index contributed by atoms with van der Waals surface area (Å²) in [4.78, 5) is 16.5. The molecule has 0 saturated carbocycles. The fraction of sp³-hybridized carbons (Fsp3) is 0.588. The van der Waals surface area contributed by atoms with Gasteiger partial charge in [-0.15, -0.1) is 0 Å². The topological polar surface area (TPSA) is 32.8 Å². The molecule has 1 aromatic rings. The Labute approximate surface area is 137 Å². The molecule has 3 rings (SSSR count). The summed E-state index contributed by atoms with van der Waals surface area (Å²) in [5.74, 6) is 0. The minimum absolute atomic E-state index is 0.236. The molecule has 0 radical (unpaired) electrons. The highest BCUT2D eigenvalue weighted by Gasteiger charge is 2.46. The Balaban J connectivity index is 1.74. The van der Waals surface area contributed by atoms with Gasteiger partial charge in [-0.05, 0) is 57.5 Å². The Kier molecular flexibility index (Phi) is 4.33. The Morgan fingerprint density at radius 2 is 1.91 bits per heavy atom. The van der Waals surface area contributed by atoms with E-state index in [2.05, 4.69) is 18.7 Å². The number of likely N-dealkylation sites (tertiary alicyclic amines) is 1. The number of amides is 1. The molecule has 1 unspecified atom stereocenters. The van der Waals surface area contributed by atoms with E-state index in [-0.39, 0.29) is 11.7 Å². The fourth-order valence-electron chi connectivity index (χ4n) is 3.41. The lowest BCUT2D eigenvalue weighted by molar-refractivity contribution is 0.0437. The standard InChI is InChI=1S/C17H23ClN2O2/c1-13(2)19-10-3-8-17(9-11-19)12-20(16(21)22-17)15-6-4-14(18)5-7-15/h4-7,13H,3,8-12H2,1-2H3. The molecular weight excluding hydrogens is 300 g/mol. The third kappa shape index (κ3) is 3.08. The molecule has 1 spiro atoms. The van der Waals surface area contributed by atoms with E-state index in [1.54, 1.807) is 4.90 Å². The van der Waals surface area contributed by atoms with Crippen LogP contribution < -0.4 is 4.90 Å². The minimum atomic E-state index is -0.333. The van der Waals surface area contributed by atoms with E-state index in [0.29, 0.717) is 17.6 Å². The van der Waals surface area contributed by atoms with Crippen molar-refractivity contribution in [2.24, 2.45) is 0 Å². The predicted octanol–water partition coefficient (Wildman–Crippen LogP) is 3.93. The van der Waals surface area contributed by atoms with Gasteiger partial charge in [0.15, 0.2) is 0 Å². The molecule has 2 aliphatic rings. The summed E-state index contributed by atoms with van der Waals surface area (Å²) in [5, 5.41) is 0.674. The fourth-order valence-corrected chi connectivity index (χ4v) is 3.53. The van der Waals surface area contributed by atoms with Gasteiger partial charge in [0.2, 0.25) is 0 Å². The van der Waals surface area contributed by atoms with Crippen LogP contribution in [0.5, 0.6) is 0 Å². The van der Waals surface area contributed by atoms with Crippen LogP contribution in [0.2, 0.25) is 5.02 Å². The monoisotopic (exact) mass is 322 g/mol. The number of benzene rings is 1. The van der Waals surface area contributed by atoms with Gasteiger partial charge in [0.05, 0.1) is 6.54 Å². The molecule has 2 heterocycles. The summed E-state index contributed by atoms with van der Waals surface area (Å²) in [6.07, 6.45) is 2.67. The van der Waals surface area contributed by atoms with Crippen LogP contribution in [0.3, 0.4) is 0 Å². The van der Waals surface area contributed by atoms with E-state index < -0.39 is 0 Å². The van der Waals surface area contributed by atoms with Crippen LogP contribution in [0, 0.1) is 0 Å². The van der Waals surface area contributed by atoms with Crippen LogP contribution in [0.15, 0.2) is 24.3 Å². The van der Waals surface area contributed by atoms with Crippen molar-refractivity contribution in [2.45, 2.75) is 44.8 Å².